The Morgan fingerprint density at radius 3 is 2.51 bits per heavy atom. The van der Waals surface area contributed by atoms with Crippen molar-refractivity contribution in [3.63, 3.8) is 0 Å². The zero-order chi connectivity index (χ0) is 24.7. The second-order valence-corrected chi connectivity index (χ2v) is 10.9. The molecule has 6 nitrogen and oxygen atoms in total. The van der Waals surface area contributed by atoms with Crippen LogP contribution in [0.1, 0.15) is 37.3 Å². The molecule has 3 aliphatic rings. The van der Waals surface area contributed by atoms with Crippen molar-refractivity contribution in [1.29, 1.82) is 0 Å². The molecular formula is C27H30ClN3O3S. The molecule has 3 amide bonds. The molecule has 1 spiro atoms. The molecule has 0 aliphatic carbocycles. The third kappa shape index (κ3) is 3.71. The van der Waals surface area contributed by atoms with Gasteiger partial charge in [-0.2, -0.15) is 11.8 Å². The first-order chi connectivity index (χ1) is 17.0. The average molecular weight is 512 g/mol. The third-order valence-corrected chi connectivity index (χ3v) is 8.62. The molecule has 3 aliphatic heterocycles. The molecule has 0 unspecified atom stereocenters. The lowest BCUT2D eigenvalue weighted by Crippen LogP contribution is -2.55. The highest BCUT2D eigenvalue weighted by atomic mass is 35.5. The van der Waals surface area contributed by atoms with Crippen LogP contribution < -0.4 is 10.2 Å². The van der Waals surface area contributed by atoms with Crippen molar-refractivity contribution in [2.45, 2.75) is 44.3 Å². The molecule has 0 radical (unpaired) electrons. The molecule has 8 heteroatoms. The van der Waals surface area contributed by atoms with Gasteiger partial charge in [-0.25, -0.2) is 0 Å². The number of halogens is 1. The fourth-order valence-corrected chi connectivity index (χ4v) is 6.68. The van der Waals surface area contributed by atoms with Crippen LogP contribution >= 0.6 is 23.4 Å². The summed E-state index contributed by atoms with van der Waals surface area (Å²) in [6.45, 7) is 2.75. The lowest BCUT2D eigenvalue weighted by Gasteiger charge is -2.30. The smallest absolute Gasteiger partial charge is 0.253 e. The lowest BCUT2D eigenvalue weighted by molar-refractivity contribution is -0.143. The summed E-state index contributed by atoms with van der Waals surface area (Å²) in [4.78, 5) is 44.9. The second-order valence-electron chi connectivity index (χ2n) is 9.53. The molecule has 0 saturated carbocycles. The number of unbranched alkanes of at least 4 members (excludes halogenated alkanes) is 1. The molecule has 2 aromatic rings. The number of anilines is 1. The van der Waals surface area contributed by atoms with E-state index in [1.54, 1.807) is 16.7 Å². The molecular weight excluding hydrogens is 482 g/mol. The number of nitrogens with one attached hydrogen (secondary N) is 1. The van der Waals surface area contributed by atoms with Crippen molar-refractivity contribution < 1.29 is 14.4 Å². The van der Waals surface area contributed by atoms with Gasteiger partial charge in [-0.3, -0.25) is 24.6 Å². The molecule has 5 rings (SSSR count). The van der Waals surface area contributed by atoms with Crippen molar-refractivity contribution >= 4 is 46.8 Å². The van der Waals surface area contributed by atoms with E-state index < -0.39 is 17.4 Å². The SMILES string of the molecule is CCCCN1C(=O)[C@H]2[C@H](CCSC)N[C@@]3(C(=O)N(Cc4ccccc4Cl)c4ccccc43)[C@@H]2C1=O. The van der Waals surface area contributed by atoms with E-state index in [2.05, 4.69) is 5.32 Å². The van der Waals surface area contributed by atoms with Crippen molar-refractivity contribution in [2.24, 2.45) is 11.8 Å². The minimum atomic E-state index is -1.25. The number of hydrogen-bond acceptors (Lipinski definition) is 5. The standard InChI is InChI=1S/C27H30ClN3O3S/c1-3-4-14-30-24(32)22-20(13-15-35-2)29-27(23(22)25(30)33)18-10-6-8-12-21(18)31(26(27)34)16-17-9-5-7-11-19(17)28/h5-12,20,22-23,29H,3-4,13-16H2,1-2H3/t20-,22-,23-,27+/m0/s1. The maximum atomic E-state index is 14.4. The Morgan fingerprint density at radius 2 is 1.77 bits per heavy atom. The Kier molecular flexibility index (Phi) is 6.68. The maximum Gasteiger partial charge on any atom is 0.253 e. The van der Waals surface area contributed by atoms with E-state index in [4.69, 9.17) is 11.6 Å². The van der Waals surface area contributed by atoms with Crippen LogP contribution in [0, 0.1) is 11.8 Å². The van der Waals surface area contributed by atoms with Gasteiger partial charge in [-0.05, 0) is 42.5 Å². The van der Waals surface area contributed by atoms with E-state index >= 15 is 0 Å². The number of fused-ring (bicyclic) bond motifs is 4. The van der Waals surface area contributed by atoms with Crippen LogP contribution in [-0.2, 0) is 26.5 Å². The van der Waals surface area contributed by atoms with Crippen LogP contribution in [0.5, 0.6) is 0 Å². The van der Waals surface area contributed by atoms with Crippen molar-refractivity contribution in [2.75, 3.05) is 23.5 Å². The van der Waals surface area contributed by atoms with E-state index in [-0.39, 0.29) is 23.8 Å². The zero-order valence-electron chi connectivity index (χ0n) is 20.0. The van der Waals surface area contributed by atoms with Crippen molar-refractivity contribution in [1.82, 2.24) is 10.2 Å². The molecule has 2 saturated heterocycles. The predicted octanol–water partition coefficient (Wildman–Crippen LogP) is 4.21. The number of imide groups is 1. The Morgan fingerprint density at radius 1 is 1.03 bits per heavy atom. The third-order valence-electron chi connectivity index (χ3n) is 7.61. The lowest BCUT2D eigenvalue weighted by atomic mass is 9.76. The number of benzene rings is 2. The molecule has 2 aromatic carbocycles. The summed E-state index contributed by atoms with van der Waals surface area (Å²) in [5, 5.41) is 4.16. The molecule has 0 aromatic heterocycles. The summed E-state index contributed by atoms with van der Waals surface area (Å²) in [5.74, 6) is -0.993. The van der Waals surface area contributed by atoms with Gasteiger partial charge in [0.1, 0.15) is 5.54 Å². The normalized spacial score (nSPS) is 27.3. The fourth-order valence-electron chi connectivity index (χ4n) is 5.99. The summed E-state index contributed by atoms with van der Waals surface area (Å²) in [7, 11) is 0. The van der Waals surface area contributed by atoms with Gasteiger partial charge < -0.3 is 4.90 Å². The van der Waals surface area contributed by atoms with Gasteiger partial charge in [0.25, 0.3) is 5.91 Å². The Bertz CT molecular complexity index is 1170. The molecule has 184 valence electrons. The number of carbonyl (C=O) groups excluding carboxylic acids is 3. The Hall–Kier alpha value is -2.35. The van der Waals surface area contributed by atoms with Gasteiger partial charge in [0.2, 0.25) is 11.8 Å². The van der Waals surface area contributed by atoms with Gasteiger partial charge in [0.15, 0.2) is 0 Å². The van der Waals surface area contributed by atoms with Gasteiger partial charge in [0, 0.05) is 28.9 Å². The average Bonchev–Trinajstić information content (AvgIpc) is 3.42. The van der Waals surface area contributed by atoms with Crippen molar-refractivity contribution in [3.8, 4) is 0 Å². The number of hydrogen-bond donors (Lipinski definition) is 1. The zero-order valence-corrected chi connectivity index (χ0v) is 21.6. The van der Waals surface area contributed by atoms with E-state index in [1.807, 2.05) is 61.7 Å². The molecule has 1 N–H and O–H groups in total. The number of thioether (sulfide) groups is 1. The predicted molar refractivity (Wildman–Crippen MR) is 139 cm³/mol. The molecule has 2 fully saturated rings. The van der Waals surface area contributed by atoms with Crippen LogP contribution in [-0.4, -0.2) is 47.2 Å². The molecule has 35 heavy (non-hydrogen) atoms. The first-order valence-electron chi connectivity index (χ1n) is 12.2. The van der Waals surface area contributed by atoms with Crippen LogP contribution in [0.2, 0.25) is 5.02 Å². The number of nitrogens with zero attached hydrogens (tertiary/aromatic N) is 2. The number of para-hydroxylation sites is 1. The minimum absolute atomic E-state index is 0.140. The number of likely N-dealkylation sites (tertiary alicyclic amines) is 1. The first-order valence-corrected chi connectivity index (χ1v) is 14.0. The summed E-state index contributed by atoms with van der Waals surface area (Å²) in [5.41, 5.74) is 1.12. The van der Waals surface area contributed by atoms with E-state index in [0.29, 0.717) is 24.5 Å². The fraction of sp³-hybridized carbons (Fsp3) is 0.444. The number of amides is 3. The van der Waals surface area contributed by atoms with Crippen LogP contribution in [0.4, 0.5) is 5.69 Å². The topological polar surface area (TPSA) is 69.7 Å². The first kappa shape index (κ1) is 24.3. The minimum Gasteiger partial charge on any atom is -0.306 e. The molecule has 0 bridgehead atoms. The summed E-state index contributed by atoms with van der Waals surface area (Å²) < 4.78 is 0. The van der Waals surface area contributed by atoms with E-state index in [9.17, 15) is 14.4 Å². The van der Waals surface area contributed by atoms with E-state index in [1.165, 1.54) is 4.90 Å². The van der Waals surface area contributed by atoms with Gasteiger partial charge in [-0.1, -0.05) is 61.3 Å². The van der Waals surface area contributed by atoms with E-state index in [0.717, 1.165) is 35.4 Å². The Balaban J connectivity index is 1.61. The highest BCUT2D eigenvalue weighted by Crippen LogP contribution is 2.55. The Labute approximate surface area is 215 Å². The number of rotatable bonds is 8. The summed E-state index contributed by atoms with van der Waals surface area (Å²) >= 11 is 8.15. The number of carbonyl (C=O) groups is 3. The summed E-state index contributed by atoms with van der Waals surface area (Å²) in [6.07, 6.45) is 4.39. The molecule has 3 heterocycles. The highest BCUT2D eigenvalue weighted by molar-refractivity contribution is 7.98. The maximum absolute atomic E-state index is 14.4. The summed E-state index contributed by atoms with van der Waals surface area (Å²) in [6, 6.07) is 14.9. The second kappa shape index (κ2) is 9.60. The largest absolute Gasteiger partial charge is 0.306 e. The van der Waals surface area contributed by atoms with Crippen LogP contribution in [0.3, 0.4) is 0 Å². The van der Waals surface area contributed by atoms with Gasteiger partial charge in [0.05, 0.1) is 18.4 Å². The van der Waals surface area contributed by atoms with Crippen LogP contribution in [0.15, 0.2) is 48.5 Å². The van der Waals surface area contributed by atoms with Gasteiger partial charge >= 0.3 is 0 Å². The quantitative estimate of drug-likeness (QED) is 0.538. The monoisotopic (exact) mass is 511 g/mol. The van der Waals surface area contributed by atoms with Crippen LogP contribution in [0.25, 0.3) is 0 Å². The highest BCUT2D eigenvalue weighted by Gasteiger charge is 2.71. The molecule has 4 atom stereocenters. The van der Waals surface area contributed by atoms with Crippen molar-refractivity contribution in [3.05, 3.63) is 64.7 Å². The van der Waals surface area contributed by atoms with Gasteiger partial charge in [-0.15, -0.1) is 0 Å².